The van der Waals surface area contributed by atoms with Gasteiger partial charge in [-0.15, -0.1) is 0 Å². The Morgan fingerprint density at radius 1 is 1.00 bits per heavy atom. The van der Waals surface area contributed by atoms with E-state index in [1.807, 2.05) is 12.2 Å². The molecule has 9 heteroatoms. The normalized spacial score (nSPS) is 50.5. The van der Waals surface area contributed by atoms with Crippen LogP contribution in [0.5, 0.6) is 0 Å². The van der Waals surface area contributed by atoms with Crippen LogP contribution >= 0.6 is 0 Å². The van der Waals surface area contributed by atoms with Crippen molar-refractivity contribution in [3.8, 4) is 0 Å². The number of ether oxygens (including phenoxy) is 4. The summed E-state index contributed by atoms with van der Waals surface area (Å²) in [6.07, 6.45) is 17.9. The summed E-state index contributed by atoms with van der Waals surface area (Å²) in [5.74, 6) is 0.420. The first kappa shape index (κ1) is 38.6. The fraction of sp³-hybridized carbons (Fsp3) is 0.778. The van der Waals surface area contributed by atoms with Gasteiger partial charge >= 0.3 is 5.97 Å². The molecule has 4 heterocycles. The third-order valence-electron chi connectivity index (χ3n) is 15.3. The Morgan fingerprint density at radius 3 is 2.39 bits per heavy atom. The number of rotatable bonds is 4. The Labute approximate surface area is 322 Å². The van der Waals surface area contributed by atoms with Crippen LogP contribution in [0.25, 0.3) is 0 Å². The van der Waals surface area contributed by atoms with Gasteiger partial charge in [-0.1, -0.05) is 70.1 Å². The zero-order chi connectivity index (χ0) is 38.2. The summed E-state index contributed by atoms with van der Waals surface area (Å²) in [6.45, 7) is 12.8. The Balaban J connectivity index is 1.15. The highest BCUT2D eigenvalue weighted by Crippen LogP contribution is 2.60. The van der Waals surface area contributed by atoms with Crippen LogP contribution in [-0.4, -0.2) is 76.6 Å². The Kier molecular flexibility index (Phi) is 10.4. The van der Waals surface area contributed by atoms with Crippen molar-refractivity contribution in [1.82, 2.24) is 5.32 Å². The van der Waals surface area contributed by atoms with Crippen molar-refractivity contribution >= 4 is 11.9 Å². The maximum absolute atomic E-state index is 14.5. The van der Waals surface area contributed by atoms with Crippen LogP contribution in [0.15, 0.2) is 47.1 Å². The number of hydrogen-bond donors (Lipinski definition) is 3. The lowest BCUT2D eigenvalue weighted by Crippen LogP contribution is -2.58. The number of allylic oxidation sites excluding steroid dienone is 2. The smallest absolute Gasteiger partial charge is 0.316 e. The second-order valence-electron chi connectivity index (χ2n) is 19.3. The molecule has 54 heavy (non-hydrogen) atoms. The number of hydrogen-bond acceptors (Lipinski definition) is 8. The van der Waals surface area contributed by atoms with Gasteiger partial charge in [-0.05, 0) is 112 Å². The van der Waals surface area contributed by atoms with Gasteiger partial charge < -0.3 is 34.5 Å². The van der Waals surface area contributed by atoms with Gasteiger partial charge in [-0.3, -0.25) is 9.59 Å². The molecular formula is C45H65NO8. The highest BCUT2D eigenvalue weighted by atomic mass is 16.7. The molecule has 298 valence electrons. The molecule has 0 radical (unpaired) electrons. The zero-order valence-electron chi connectivity index (χ0n) is 33.4. The van der Waals surface area contributed by atoms with E-state index in [9.17, 15) is 19.8 Å². The summed E-state index contributed by atoms with van der Waals surface area (Å²) in [6, 6.07) is -0.230. The lowest BCUT2D eigenvalue weighted by atomic mass is 9.49. The van der Waals surface area contributed by atoms with Gasteiger partial charge in [0.05, 0.1) is 24.9 Å². The van der Waals surface area contributed by atoms with E-state index in [4.69, 9.17) is 18.9 Å². The standard InChI is InChI=1S/C45H65NO8/c1-7-25(2)39-28(5)13-14-44(54-39)23-35-19-34(53-44)12-11-27(4)37(46-42(49)43-20-30-16-31(21-43)18-32(17-30)22-43)26(3)9-8-10-33-24-51-40-38(47)29(6)15-36(41(48)52-35)45(33,40)50/h8-11,15,25-26,28,30-32,34-40,47,50H,7,12-14,16-24H2,1-6H3,(H,46,49)/b9-8+,27-11+,33-10+/t25-,26-,28-,30?,31?,32?,34+,35-,36-,37+,38+,39+,40+,43?,44+,45+/m0/s1. The zero-order valence-corrected chi connectivity index (χ0v) is 33.4. The molecule has 9 nitrogen and oxygen atoms in total. The van der Waals surface area contributed by atoms with Crippen LogP contribution < -0.4 is 5.32 Å². The van der Waals surface area contributed by atoms with Gasteiger partial charge in [0, 0.05) is 24.7 Å². The van der Waals surface area contributed by atoms with Gasteiger partial charge in [0.1, 0.15) is 29.8 Å². The molecule has 5 aliphatic carbocycles. The van der Waals surface area contributed by atoms with Crippen LogP contribution in [0.1, 0.15) is 119 Å². The first-order valence-corrected chi connectivity index (χ1v) is 21.3. The number of carbonyl (C=O) groups is 2. The van der Waals surface area contributed by atoms with Gasteiger partial charge in [-0.2, -0.15) is 0 Å². The lowest BCUT2D eigenvalue weighted by Gasteiger charge is -2.56. The van der Waals surface area contributed by atoms with Gasteiger partial charge in [-0.25, -0.2) is 0 Å². The average Bonchev–Trinajstić information content (AvgIpc) is 3.47. The van der Waals surface area contributed by atoms with Crippen molar-refractivity contribution in [1.29, 1.82) is 0 Å². The Hall–Kier alpha value is -2.30. The monoisotopic (exact) mass is 747 g/mol. The maximum Gasteiger partial charge on any atom is 0.316 e. The summed E-state index contributed by atoms with van der Waals surface area (Å²) in [5.41, 5.74) is 0.137. The molecule has 7 fully saturated rings. The van der Waals surface area contributed by atoms with E-state index in [0.717, 1.165) is 37.7 Å². The summed E-state index contributed by atoms with van der Waals surface area (Å²) in [7, 11) is 0. The predicted molar refractivity (Wildman–Crippen MR) is 205 cm³/mol. The molecule has 4 aliphatic heterocycles. The van der Waals surface area contributed by atoms with Crippen molar-refractivity contribution in [3.63, 3.8) is 0 Å². The summed E-state index contributed by atoms with van der Waals surface area (Å²) >= 11 is 0. The highest BCUT2D eigenvalue weighted by molar-refractivity contribution is 5.84. The second kappa shape index (κ2) is 14.6. The van der Waals surface area contributed by atoms with Crippen molar-refractivity contribution in [2.75, 3.05) is 6.61 Å². The molecule has 3 saturated heterocycles. The molecule has 1 spiro atoms. The maximum atomic E-state index is 14.5. The number of carbonyl (C=O) groups excluding carboxylic acids is 2. The Bertz CT molecular complexity index is 1560. The van der Waals surface area contributed by atoms with Crippen LogP contribution in [0.3, 0.4) is 0 Å². The molecule has 0 aromatic rings. The molecule has 1 amide bonds. The fourth-order valence-corrected chi connectivity index (χ4v) is 12.5. The molecule has 0 aromatic carbocycles. The minimum atomic E-state index is -1.77. The quantitative estimate of drug-likeness (QED) is 0.211. The molecule has 6 bridgehead atoms. The number of aliphatic hydroxyl groups is 2. The summed E-state index contributed by atoms with van der Waals surface area (Å²) in [5, 5.41) is 27.2. The first-order valence-electron chi connectivity index (χ1n) is 21.3. The van der Waals surface area contributed by atoms with Gasteiger partial charge in [0.15, 0.2) is 5.79 Å². The van der Waals surface area contributed by atoms with Crippen LogP contribution in [0.4, 0.5) is 0 Å². The van der Waals surface area contributed by atoms with Crippen molar-refractivity contribution in [2.24, 2.45) is 46.8 Å². The SMILES string of the molecule is CC[C@H](C)[C@H]1O[C@]2(CC[C@@H]1C)C[C@@H]1C[C@@H](C/C=C(\C)[C@H](NC(=O)C34CC5CC(CC(C5)C3)C4)[C@@H](C)/C=C/C=C3\CO[C@@H]4[C@H](O)C(C)=C[C@@H](C(=O)O1)[C@]34O)O2. The molecule has 0 aromatic heterocycles. The number of amides is 1. The van der Waals surface area contributed by atoms with Crippen LogP contribution in [-0.2, 0) is 28.5 Å². The number of aliphatic hydroxyl groups excluding tert-OH is 1. The minimum Gasteiger partial charge on any atom is -0.462 e. The van der Waals surface area contributed by atoms with Crippen LogP contribution in [0.2, 0.25) is 0 Å². The predicted octanol–water partition coefficient (Wildman–Crippen LogP) is 6.87. The van der Waals surface area contributed by atoms with Crippen molar-refractivity contribution < 1.29 is 38.7 Å². The van der Waals surface area contributed by atoms with E-state index in [-0.39, 0.29) is 42.1 Å². The van der Waals surface area contributed by atoms with E-state index < -0.39 is 41.6 Å². The van der Waals surface area contributed by atoms with Gasteiger partial charge in [0.2, 0.25) is 5.91 Å². The van der Waals surface area contributed by atoms with Crippen molar-refractivity contribution in [3.05, 3.63) is 47.1 Å². The van der Waals surface area contributed by atoms with E-state index in [2.05, 4.69) is 52.1 Å². The third kappa shape index (κ3) is 6.80. The number of esters is 1. The Morgan fingerprint density at radius 2 is 1.70 bits per heavy atom. The van der Waals surface area contributed by atoms with E-state index >= 15 is 0 Å². The van der Waals surface area contributed by atoms with Crippen LogP contribution in [0, 0.1) is 46.8 Å². The van der Waals surface area contributed by atoms with Gasteiger partial charge in [0.25, 0.3) is 0 Å². The average molecular weight is 748 g/mol. The largest absolute Gasteiger partial charge is 0.462 e. The van der Waals surface area contributed by atoms with E-state index in [1.54, 1.807) is 13.0 Å². The second-order valence-corrected chi connectivity index (χ2v) is 19.3. The minimum absolute atomic E-state index is 0.0287. The number of nitrogens with one attached hydrogen (secondary N) is 1. The third-order valence-corrected chi connectivity index (χ3v) is 15.3. The molecule has 9 rings (SSSR count). The highest BCUT2D eigenvalue weighted by Gasteiger charge is 2.60. The van der Waals surface area contributed by atoms with E-state index in [0.29, 0.717) is 66.4 Å². The summed E-state index contributed by atoms with van der Waals surface area (Å²) in [4.78, 5) is 28.8. The van der Waals surface area contributed by atoms with E-state index in [1.165, 1.54) is 19.3 Å². The van der Waals surface area contributed by atoms with Crippen molar-refractivity contribution in [2.45, 2.75) is 167 Å². The molecular weight excluding hydrogens is 682 g/mol. The molecule has 9 aliphatic rings. The lowest BCUT2D eigenvalue weighted by molar-refractivity contribution is -0.340. The molecule has 3 N–H and O–H groups in total. The first-order chi connectivity index (χ1) is 25.7. The molecule has 0 unspecified atom stereocenters. The molecule has 12 atom stereocenters. The number of fused-ring (bicyclic) bond motifs is 2. The topological polar surface area (TPSA) is 124 Å². The fourth-order valence-electron chi connectivity index (χ4n) is 12.5. The summed E-state index contributed by atoms with van der Waals surface area (Å²) < 4.78 is 26.4. The molecule has 4 saturated carbocycles.